The molecule has 0 heterocycles. The lowest BCUT2D eigenvalue weighted by Gasteiger charge is -2.30. The van der Waals surface area contributed by atoms with Gasteiger partial charge in [-0.1, -0.05) is 321 Å². The fourth-order valence-corrected chi connectivity index (χ4v) is 11.5. The Hall–Kier alpha value is -1.77. The molecule has 3 atom stereocenters. The number of ether oxygens (including phenoxy) is 1. The Bertz CT molecular complexity index is 1500. The van der Waals surface area contributed by atoms with E-state index in [0.717, 1.165) is 64.2 Å². The van der Waals surface area contributed by atoms with Gasteiger partial charge in [-0.25, -0.2) is 0 Å². The molecule has 0 aromatic carbocycles. The van der Waals surface area contributed by atoms with Crippen LogP contribution in [0.5, 0.6) is 0 Å². The molecule has 0 aromatic heterocycles. The monoisotopic (exact) mass is 1180 g/mol. The number of carbonyl (C=O) groups is 2. The van der Waals surface area contributed by atoms with E-state index in [1.807, 2.05) is 33.3 Å². The number of likely N-dealkylation sites (N-methyl/N-ethyl adjacent to an activating group) is 1. The topological polar surface area (TPSA) is 114 Å². The molecule has 0 aromatic rings. The van der Waals surface area contributed by atoms with Crippen molar-refractivity contribution in [1.82, 2.24) is 5.32 Å². The van der Waals surface area contributed by atoms with E-state index in [9.17, 15) is 19.0 Å². The average Bonchev–Trinajstić information content (AvgIpc) is 3.44. The lowest BCUT2D eigenvalue weighted by atomic mass is 10.0. The van der Waals surface area contributed by atoms with Crippen molar-refractivity contribution in [3.05, 3.63) is 36.5 Å². The zero-order valence-corrected chi connectivity index (χ0v) is 56.4. The predicted octanol–water partition coefficient (Wildman–Crippen LogP) is 22.0. The van der Waals surface area contributed by atoms with Crippen LogP contribution in [0, 0.1) is 0 Å². The van der Waals surface area contributed by atoms with E-state index in [1.165, 1.54) is 263 Å². The summed E-state index contributed by atoms with van der Waals surface area (Å²) in [6.45, 7) is 6.88. The number of nitrogens with zero attached hydrogens (tertiary/aromatic N) is 1. The maximum absolute atomic E-state index is 13.6. The quantitative estimate of drug-likeness (QED) is 0.0212. The van der Waals surface area contributed by atoms with Gasteiger partial charge in [0.1, 0.15) is 19.3 Å². The average molecular weight is 1180 g/mol. The van der Waals surface area contributed by atoms with Gasteiger partial charge in [0.25, 0.3) is 7.82 Å². The van der Waals surface area contributed by atoms with Crippen molar-refractivity contribution < 1.29 is 37.3 Å². The number of allylic oxidation sites excluding steroid dienone is 5. The summed E-state index contributed by atoms with van der Waals surface area (Å²) in [5, 5.41) is 3.05. The van der Waals surface area contributed by atoms with Crippen molar-refractivity contribution in [2.75, 3.05) is 40.9 Å². The molecule has 82 heavy (non-hydrogen) atoms. The van der Waals surface area contributed by atoms with Crippen molar-refractivity contribution in [2.24, 2.45) is 0 Å². The SMILES string of the molecule is CCCCC/C=C\C/C=C\CCCCCCCCCCCCCCCCCC(=O)NC(COP(=O)([O-])OCC[N+](C)(C)C)C(/C=C\CCCCCCCCCCCC)OC(=O)CCCCCCCCCCCCCCCCCCCCC. The van der Waals surface area contributed by atoms with Crippen LogP contribution in [0.3, 0.4) is 0 Å². The first-order valence-electron chi connectivity index (χ1n) is 35.8. The Morgan fingerprint density at radius 2 is 0.744 bits per heavy atom. The molecule has 0 fully saturated rings. The lowest BCUT2D eigenvalue weighted by molar-refractivity contribution is -0.870. The number of phosphoric ester groups is 1. The Labute approximate surface area is 510 Å². The van der Waals surface area contributed by atoms with E-state index < -0.39 is 20.0 Å². The van der Waals surface area contributed by atoms with Crippen LogP contribution in [0.4, 0.5) is 0 Å². The number of quaternary nitrogens is 1. The highest BCUT2D eigenvalue weighted by Crippen LogP contribution is 2.38. The molecule has 1 amide bonds. The highest BCUT2D eigenvalue weighted by Gasteiger charge is 2.27. The molecule has 1 N–H and O–H groups in total. The van der Waals surface area contributed by atoms with Crippen LogP contribution < -0.4 is 10.2 Å². The van der Waals surface area contributed by atoms with Crippen LogP contribution in [0.1, 0.15) is 361 Å². The molecular formula is C72H139N2O7P. The summed E-state index contributed by atoms with van der Waals surface area (Å²) in [6.07, 6.45) is 76.9. The summed E-state index contributed by atoms with van der Waals surface area (Å²) in [5.41, 5.74) is 0. The summed E-state index contributed by atoms with van der Waals surface area (Å²) in [7, 11) is 1.20. The third kappa shape index (κ3) is 62.8. The Kier molecular flexibility index (Phi) is 60.9. The zero-order valence-electron chi connectivity index (χ0n) is 55.5. The third-order valence-corrected chi connectivity index (χ3v) is 17.3. The standard InChI is InChI=1S/C72H139N2O7P/c1-7-10-13-16-19-22-25-28-30-32-34-35-36-37-38-39-41-42-44-46-49-52-55-58-61-64-71(75)73-69(68-80-82(77,78)79-67-66-74(4,5)6)70(63-60-57-54-51-48-27-24-21-18-15-12-9-3)81-72(76)65-62-59-56-53-50-47-45-43-40-33-31-29-26-23-20-17-14-11-8-2/h19,22,28,30,60,63,69-70H,7-18,20-21,23-27,29,31-59,61-62,64-68H2,1-6H3,(H-,73,75,77,78)/b22-19-,30-28-,63-60-. The van der Waals surface area contributed by atoms with Gasteiger partial charge in [-0.3, -0.25) is 14.2 Å². The molecule has 0 rings (SSSR count). The summed E-state index contributed by atoms with van der Waals surface area (Å²) in [5.74, 6) is -0.520. The van der Waals surface area contributed by atoms with E-state index in [0.29, 0.717) is 17.4 Å². The summed E-state index contributed by atoms with van der Waals surface area (Å²) in [4.78, 5) is 40.2. The molecule has 0 aliphatic rings. The second kappa shape index (κ2) is 62.3. The van der Waals surface area contributed by atoms with Crippen molar-refractivity contribution in [2.45, 2.75) is 373 Å². The van der Waals surface area contributed by atoms with Crippen LogP contribution in [-0.2, 0) is 27.9 Å². The lowest BCUT2D eigenvalue weighted by Crippen LogP contribution is -2.47. The van der Waals surface area contributed by atoms with Crippen molar-refractivity contribution in [3.63, 3.8) is 0 Å². The molecule has 484 valence electrons. The van der Waals surface area contributed by atoms with E-state index >= 15 is 0 Å². The maximum atomic E-state index is 13.6. The van der Waals surface area contributed by atoms with E-state index in [-0.39, 0.29) is 31.5 Å². The smallest absolute Gasteiger partial charge is 0.306 e. The number of rotatable bonds is 66. The van der Waals surface area contributed by atoms with Gasteiger partial charge in [0.05, 0.1) is 33.8 Å². The van der Waals surface area contributed by atoms with Crippen molar-refractivity contribution >= 4 is 19.7 Å². The van der Waals surface area contributed by atoms with Crippen LogP contribution in [0.15, 0.2) is 36.5 Å². The molecule has 0 saturated heterocycles. The first kappa shape index (κ1) is 80.2. The van der Waals surface area contributed by atoms with Crippen molar-refractivity contribution in [3.8, 4) is 0 Å². The maximum Gasteiger partial charge on any atom is 0.306 e. The highest BCUT2D eigenvalue weighted by molar-refractivity contribution is 7.45. The largest absolute Gasteiger partial charge is 0.756 e. The van der Waals surface area contributed by atoms with Gasteiger partial charge in [0.15, 0.2) is 0 Å². The molecule has 10 heteroatoms. The molecule has 0 aliphatic carbocycles. The number of carbonyl (C=O) groups excluding carboxylic acids is 2. The van der Waals surface area contributed by atoms with E-state index in [1.54, 1.807) is 0 Å². The third-order valence-electron chi connectivity index (χ3n) is 16.3. The number of amides is 1. The molecule has 3 unspecified atom stereocenters. The molecule has 0 radical (unpaired) electrons. The molecule has 9 nitrogen and oxygen atoms in total. The zero-order chi connectivity index (χ0) is 60.0. The molecule has 0 saturated carbocycles. The number of phosphoric acid groups is 1. The second-order valence-electron chi connectivity index (χ2n) is 25.7. The summed E-state index contributed by atoms with van der Waals surface area (Å²) in [6, 6.07) is -0.884. The number of hydrogen-bond donors (Lipinski definition) is 1. The second-order valence-corrected chi connectivity index (χ2v) is 27.2. The van der Waals surface area contributed by atoms with Gasteiger partial charge in [0, 0.05) is 12.8 Å². The minimum absolute atomic E-state index is 0.0189. The van der Waals surface area contributed by atoms with Gasteiger partial charge in [-0.2, -0.15) is 0 Å². The van der Waals surface area contributed by atoms with Gasteiger partial charge in [-0.05, 0) is 63.9 Å². The van der Waals surface area contributed by atoms with Crippen molar-refractivity contribution in [1.29, 1.82) is 0 Å². The summed E-state index contributed by atoms with van der Waals surface area (Å²) >= 11 is 0. The normalized spacial score (nSPS) is 13.7. The molecule has 0 bridgehead atoms. The van der Waals surface area contributed by atoms with Crippen LogP contribution >= 0.6 is 7.82 Å². The van der Waals surface area contributed by atoms with Crippen LogP contribution in [-0.4, -0.2) is 69.4 Å². The fraction of sp³-hybridized carbons (Fsp3) is 0.889. The van der Waals surface area contributed by atoms with Crippen LogP contribution in [0.2, 0.25) is 0 Å². The molecule has 0 spiro atoms. The fourth-order valence-electron chi connectivity index (χ4n) is 10.8. The Morgan fingerprint density at radius 3 is 1.12 bits per heavy atom. The summed E-state index contributed by atoms with van der Waals surface area (Å²) < 4.78 is 30.5. The Balaban J connectivity index is 5.02. The van der Waals surface area contributed by atoms with Gasteiger partial charge < -0.3 is 28.5 Å². The van der Waals surface area contributed by atoms with E-state index in [2.05, 4.69) is 50.4 Å². The van der Waals surface area contributed by atoms with E-state index in [4.69, 9.17) is 13.8 Å². The molecular weight excluding hydrogens is 1040 g/mol. The van der Waals surface area contributed by atoms with Gasteiger partial charge in [0.2, 0.25) is 5.91 Å². The van der Waals surface area contributed by atoms with Gasteiger partial charge in [-0.15, -0.1) is 0 Å². The number of unbranched alkanes of at least 4 members (excludes halogenated alkanes) is 46. The number of nitrogens with one attached hydrogen (secondary N) is 1. The Morgan fingerprint density at radius 1 is 0.427 bits per heavy atom. The minimum Gasteiger partial charge on any atom is -0.756 e. The first-order valence-corrected chi connectivity index (χ1v) is 37.3. The van der Waals surface area contributed by atoms with Gasteiger partial charge >= 0.3 is 5.97 Å². The predicted molar refractivity (Wildman–Crippen MR) is 353 cm³/mol. The highest BCUT2D eigenvalue weighted by atomic mass is 31.2. The van der Waals surface area contributed by atoms with Crippen LogP contribution in [0.25, 0.3) is 0 Å². The first-order chi connectivity index (χ1) is 39.9. The number of esters is 1. The minimum atomic E-state index is -4.70. The number of hydrogen-bond acceptors (Lipinski definition) is 7. The molecule has 0 aliphatic heterocycles.